The molecule has 0 bridgehead atoms. The molecule has 6 nitrogen and oxygen atoms in total. The topological polar surface area (TPSA) is 72.0 Å². The van der Waals surface area contributed by atoms with Crippen LogP contribution in [0.25, 0.3) is 11.3 Å². The van der Waals surface area contributed by atoms with Crippen LogP contribution in [0.1, 0.15) is 20.8 Å². The molecule has 0 radical (unpaired) electrons. The van der Waals surface area contributed by atoms with Gasteiger partial charge in [0.2, 0.25) is 5.95 Å². The molecule has 27 heavy (non-hydrogen) atoms. The molecule has 0 amide bonds. The average molecular weight is 367 g/mol. The largest absolute Gasteiger partial charge is 0.494 e. The number of benzene rings is 1. The summed E-state index contributed by atoms with van der Waals surface area (Å²) in [5, 5.41) is 6.40. The second-order valence-electron chi connectivity index (χ2n) is 7.05. The van der Waals surface area contributed by atoms with E-state index in [2.05, 4.69) is 25.6 Å². The van der Waals surface area contributed by atoms with Crippen molar-refractivity contribution in [3.63, 3.8) is 0 Å². The van der Waals surface area contributed by atoms with Crippen molar-refractivity contribution in [3.8, 4) is 17.0 Å². The van der Waals surface area contributed by atoms with E-state index in [-0.39, 0.29) is 11.3 Å². The van der Waals surface area contributed by atoms with Crippen LogP contribution in [0.15, 0.2) is 48.8 Å². The summed E-state index contributed by atoms with van der Waals surface area (Å²) in [5.74, 6) is 0.756. The molecule has 2 N–H and O–H groups in total. The van der Waals surface area contributed by atoms with Crippen molar-refractivity contribution >= 4 is 17.5 Å². The van der Waals surface area contributed by atoms with Crippen molar-refractivity contribution in [2.45, 2.75) is 26.3 Å². The minimum Gasteiger partial charge on any atom is -0.494 e. The summed E-state index contributed by atoms with van der Waals surface area (Å²) in [6, 6.07) is 10.2. The van der Waals surface area contributed by atoms with E-state index >= 15 is 0 Å². The molecule has 1 aromatic carbocycles. The number of ether oxygens (including phenoxy) is 1. The lowest BCUT2D eigenvalue weighted by molar-refractivity contribution is 0.386. The van der Waals surface area contributed by atoms with Crippen molar-refractivity contribution in [1.82, 2.24) is 15.0 Å². The van der Waals surface area contributed by atoms with E-state index in [4.69, 9.17) is 4.74 Å². The van der Waals surface area contributed by atoms with E-state index in [9.17, 15) is 4.39 Å². The second kappa shape index (κ2) is 7.57. The predicted molar refractivity (Wildman–Crippen MR) is 105 cm³/mol. The van der Waals surface area contributed by atoms with Gasteiger partial charge in [0.1, 0.15) is 5.82 Å². The smallest absolute Gasteiger partial charge is 0.225 e. The number of hydrogen-bond donors (Lipinski definition) is 2. The molecule has 3 rings (SSSR count). The highest BCUT2D eigenvalue weighted by Crippen LogP contribution is 2.26. The fraction of sp³-hybridized carbons (Fsp3) is 0.250. The van der Waals surface area contributed by atoms with Crippen molar-refractivity contribution in [1.29, 1.82) is 0 Å². The van der Waals surface area contributed by atoms with Gasteiger partial charge in [0.15, 0.2) is 11.6 Å². The third-order valence-electron chi connectivity index (χ3n) is 3.59. The van der Waals surface area contributed by atoms with E-state index in [1.54, 1.807) is 30.6 Å². The Morgan fingerprint density at radius 1 is 1.07 bits per heavy atom. The van der Waals surface area contributed by atoms with Crippen molar-refractivity contribution < 1.29 is 9.13 Å². The molecule has 0 aliphatic rings. The molecule has 0 fully saturated rings. The predicted octanol–water partition coefficient (Wildman–Crippen LogP) is 4.64. The average Bonchev–Trinajstić information content (AvgIpc) is 2.61. The molecule has 140 valence electrons. The molecule has 0 spiro atoms. The highest BCUT2D eigenvalue weighted by molar-refractivity contribution is 5.67. The summed E-state index contributed by atoms with van der Waals surface area (Å²) >= 11 is 0. The molecule has 0 saturated carbocycles. The highest BCUT2D eigenvalue weighted by atomic mass is 19.1. The van der Waals surface area contributed by atoms with Crippen LogP contribution in [0, 0.1) is 5.82 Å². The summed E-state index contributed by atoms with van der Waals surface area (Å²) in [5.41, 5.74) is 1.92. The summed E-state index contributed by atoms with van der Waals surface area (Å²) in [6.45, 7) is 6.08. The lowest BCUT2D eigenvalue weighted by Crippen LogP contribution is -2.27. The maximum absolute atomic E-state index is 14.0. The first-order chi connectivity index (χ1) is 12.8. The molecular weight excluding hydrogens is 345 g/mol. The van der Waals surface area contributed by atoms with Crippen LogP contribution < -0.4 is 15.4 Å². The van der Waals surface area contributed by atoms with Gasteiger partial charge in [0, 0.05) is 41.3 Å². The Kier molecular flexibility index (Phi) is 5.21. The van der Waals surface area contributed by atoms with E-state index in [1.807, 2.05) is 32.9 Å². The van der Waals surface area contributed by atoms with Crippen LogP contribution >= 0.6 is 0 Å². The number of pyridine rings is 1. The van der Waals surface area contributed by atoms with E-state index in [0.29, 0.717) is 23.1 Å². The van der Waals surface area contributed by atoms with Gasteiger partial charge in [-0.3, -0.25) is 4.98 Å². The summed E-state index contributed by atoms with van der Waals surface area (Å²) in [6.07, 6.45) is 3.44. The lowest BCUT2D eigenvalue weighted by atomic mass is 10.1. The van der Waals surface area contributed by atoms with Gasteiger partial charge in [0.25, 0.3) is 0 Å². The molecule has 0 unspecified atom stereocenters. The van der Waals surface area contributed by atoms with Gasteiger partial charge in [-0.1, -0.05) is 0 Å². The number of rotatable bonds is 5. The Balaban J connectivity index is 1.98. The number of methoxy groups -OCH3 is 1. The van der Waals surface area contributed by atoms with E-state index in [0.717, 1.165) is 5.56 Å². The van der Waals surface area contributed by atoms with Crippen molar-refractivity contribution in [2.24, 2.45) is 0 Å². The number of halogens is 1. The zero-order valence-electron chi connectivity index (χ0n) is 15.7. The van der Waals surface area contributed by atoms with Gasteiger partial charge in [-0.05, 0) is 45.0 Å². The lowest BCUT2D eigenvalue weighted by Gasteiger charge is -2.21. The van der Waals surface area contributed by atoms with Crippen LogP contribution in [-0.2, 0) is 0 Å². The molecule has 0 aliphatic heterocycles. The first kappa shape index (κ1) is 18.6. The third kappa shape index (κ3) is 4.91. The number of nitrogens with one attached hydrogen (secondary N) is 2. The maximum Gasteiger partial charge on any atom is 0.225 e. The zero-order valence-corrected chi connectivity index (χ0v) is 15.7. The number of hydrogen-bond acceptors (Lipinski definition) is 6. The number of aromatic nitrogens is 3. The van der Waals surface area contributed by atoms with Crippen molar-refractivity contribution in [2.75, 3.05) is 17.7 Å². The first-order valence-corrected chi connectivity index (χ1v) is 8.52. The molecule has 0 aliphatic carbocycles. The second-order valence-corrected chi connectivity index (χ2v) is 7.05. The standard InChI is InChI=1S/C20H22FN5O/c1-20(2,3)26-19-24-16(13-6-5-9-22-12-13)11-18(25-19)23-14-7-8-17(27-4)15(21)10-14/h5-12H,1-4H3,(H2,23,24,25,26). The Morgan fingerprint density at radius 2 is 1.89 bits per heavy atom. The van der Waals surface area contributed by atoms with Crippen molar-refractivity contribution in [3.05, 3.63) is 54.6 Å². The normalized spacial score (nSPS) is 11.1. The Bertz CT molecular complexity index is 925. The van der Waals surface area contributed by atoms with Crippen LogP contribution in [0.5, 0.6) is 5.75 Å². The van der Waals surface area contributed by atoms with Crippen LogP contribution in [-0.4, -0.2) is 27.6 Å². The van der Waals surface area contributed by atoms with Crippen LogP contribution in [0.3, 0.4) is 0 Å². The molecule has 0 atom stereocenters. The van der Waals surface area contributed by atoms with Gasteiger partial charge >= 0.3 is 0 Å². The minimum absolute atomic E-state index is 0.189. The Labute approximate surface area is 157 Å². The molecule has 2 heterocycles. The highest BCUT2D eigenvalue weighted by Gasteiger charge is 2.14. The Hall–Kier alpha value is -3.22. The fourth-order valence-electron chi connectivity index (χ4n) is 2.46. The van der Waals surface area contributed by atoms with Gasteiger partial charge in [-0.25, -0.2) is 9.37 Å². The molecule has 2 aromatic heterocycles. The van der Waals surface area contributed by atoms with Gasteiger partial charge in [-0.15, -0.1) is 0 Å². The van der Waals surface area contributed by atoms with Gasteiger partial charge in [0.05, 0.1) is 12.8 Å². The number of anilines is 3. The van der Waals surface area contributed by atoms with Crippen LogP contribution in [0.4, 0.5) is 21.8 Å². The maximum atomic E-state index is 14.0. The molecule has 0 saturated heterocycles. The van der Waals surface area contributed by atoms with Gasteiger partial charge < -0.3 is 15.4 Å². The molecule has 3 aromatic rings. The SMILES string of the molecule is COc1ccc(Nc2cc(-c3cccnc3)nc(NC(C)(C)C)n2)cc1F. The first-order valence-electron chi connectivity index (χ1n) is 8.52. The zero-order chi connectivity index (χ0) is 19.4. The van der Waals surface area contributed by atoms with Crippen LogP contribution in [0.2, 0.25) is 0 Å². The monoisotopic (exact) mass is 367 g/mol. The fourth-order valence-corrected chi connectivity index (χ4v) is 2.46. The molecule has 7 heteroatoms. The summed E-state index contributed by atoms with van der Waals surface area (Å²) < 4.78 is 18.9. The third-order valence-corrected chi connectivity index (χ3v) is 3.59. The quantitative estimate of drug-likeness (QED) is 0.684. The number of nitrogens with zero attached hydrogens (tertiary/aromatic N) is 3. The van der Waals surface area contributed by atoms with E-state index in [1.165, 1.54) is 13.2 Å². The summed E-state index contributed by atoms with van der Waals surface area (Å²) in [7, 11) is 1.43. The van der Waals surface area contributed by atoms with Gasteiger partial charge in [-0.2, -0.15) is 4.98 Å². The Morgan fingerprint density at radius 3 is 2.52 bits per heavy atom. The summed E-state index contributed by atoms with van der Waals surface area (Å²) in [4.78, 5) is 13.2. The molecular formula is C20H22FN5O. The van der Waals surface area contributed by atoms with E-state index < -0.39 is 5.82 Å². The minimum atomic E-state index is -0.447.